The fourth-order valence-electron chi connectivity index (χ4n) is 2.42. The summed E-state index contributed by atoms with van der Waals surface area (Å²) in [6, 6.07) is 18.5. The Bertz CT molecular complexity index is 904. The molecule has 0 amide bonds. The van der Waals surface area contributed by atoms with E-state index in [4.69, 9.17) is 13.9 Å². The Labute approximate surface area is 152 Å². The topological polar surface area (TPSA) is 48.7 Å². The third kappa shape index (κ3) is 4.42. The van der Waals surface area contributed by atoms with E-state index in [2.05, 4.69) is 0 Å². The Morgan fingerprint density at radius 2 is 1.73 bits per heavy atom. The first kappa shape index (κ1) is 17.5. The van der Waals surface area contributed by atoms with Gasteiger partial charge < -0.3 is 13.9 Å². The first-order chi connectivity index (χ1) is 12.7. The van der Waals surface area contributed by atoms with Crippen LogP contribution in [0.3, 0.4) is 0 Å². The van der Waals surface area contributed by atoms with E-state index >= 15 is 0 Å². The third-order valence-electron chi connectivity index (χ3n) is 3.86. The van der Waals surface area contributed by atoms with E-state index in [1.807, 2.05) is 61.5 Å². The normalized spacial score (nSPS) is 10.8. The van der Waals surface area contributed by atoms with Crippen molar-refractivity contribution in [3.8, 4) is 11.5 Å². The first-order valence-electron chi connectivity index (χ1n) is 8.29. The van der Waals surface area contributed by atoms with Crippen LogP contribution >= 0.6 is 0 Å². The summed E-state index contributed by atoms with van der Waals surface area (Å²) >= 11 is 0. The number of para-hydroxylation sites is 2. The molecule has 132 valence electrons. The van der Waals surface area contributed by atoms with Crippen molar-refractivity contribution in [2.24, 2.45) is 0 Å². The summed E-state index contributed by atoms with van der Waals surface area (Å²) in [5.74, 6) is 2.52. The van der Waals surface area contributed by atoms with E-state index in [1.54, 1.807) is 19.3 Å². The second-order valence-electron chi connectivity index (χ2n) is 5.81. The highest BCUT2D eigenvalue weighted by Crippen LogP contribution is 2.26. The molecule has 3 rings (SSSR count). The lowest BCUT2D eigenvalue weighted by atomic mass is 10.1. The Kier molecular flexibility index (Phi) is 5.54. The highest BCUT2D eigenvalue weighted by atomic mass is 16.5. The number of hydrogen-bond acceptors (Lipinski definition) is 4. The number of benzene rings is 2. The number of ether oxygens (including phenoxy) is 2. The largest absolute Gasteiger partial charge is 0.493 e. The molecule has 0 unspecified atom stereocenters. The molecular formula is C22H20O4. The fraction of sp³-hybridized carbons (Fsp3) is 0.136. The van der Waals surface area contributed by atoms with E-state index in [0.29, 0.717) is 28.6 Å². The highest BCUT2D eigenvalue weighted by molar-refractivity contribution is 6.06. The molecule has 0 fully saturated rings. The van der Waals surface area contributed by atoms with Crippen molar-refractivity contribution in [1.29, 1.82) is 0 Å². The zero-order chi connectivity index (χ0) is 18.4. The van der Waals surface area contributed by atoms with Gasteiger partial charge in [0.05, 0.1) is 7.11 Å². The van der Waals surface area contributed by atoms with E-state index in [9.17, 15) is 4.79 Å². The maximum absolute atomic E-state index is 12.2. The van der Waals surface area contributed by atoms with Crippen molar-refractivity contribution in [3.63, 3.8) is 0 Å². The minimum atomic E-state index is -0.0618. The van der Waals surface area contributed by atoms with Crippen LogP contribution in [0.5, 0.6) is 11.5 Å². The van der Waals surface area contributed by atoms with Gasteiger partial charge in [0.15, 0.2) is 17.3 Å². The van der Waals surface area contributed by atoms with Crippen molar-refractivity contribution in [2.45, 2.75) is 13.5 Å². The van der Waals surface area contributed by atoms with Crippen LogP contribution in [0.15, 0.2) is 71.2 Å². The second kappa shape index (κ2) is 8.21. The fourth-order valence-corrected chi connectivity index (χ4v) is 2.42. The molecule has 0 radical (unpaired) electrons. The number of methoxy groups -OCH3 is 1. The molecule has 0 bridgehead atoms. The average molecular weight is 348 g/mol. The number of furan rings is 1. The lowest BCUT2D eigenvalue weighted by Crippen LogP contribution is -1.96. The summed E-state index contributed by atoms with van der Waals surface area (Å²) < 4.78 is 16.7. The number of rotatable bonds is 7. The van der Waals surface area contributed by atoms with Gasteiger partial charge in [-0.15, -0.1) is 0 Å². The predicted octanol–water partition coefficient (Wildman–Crippen LogP) is 5.07. The smallest absolute Gasteiger partial charge is 0.185 e. The van der Waals surface area contributed by atoms with Crippen molar-refractivity contribution in [2.75, 3.05) is 7.11 Å². The summed E-state index contributed by atoms with van der Waals surface area (Å²) in [5.41, 5.74) is 1.77. The second-order valence-corrected chi connectivity index (χ2v) is 5.81. The summed E-state index contributed by atoms with van der Waals surface area (Å²) in [4.78, 5) is 12.2. The van der Waals surface area contributed by atoms with E-state index < -0.39 is 0 Å². The minimum absolute atomic E-state index is 0.0618. The lowest BCUT2D eigenvalue weighted by molar-refractivity contribution is 0.104. The summed E-state index contributed by atoms with van der Waals surface area (Å²) in [6.07, 6.45) is 3.17. The molecule has 0 aliphatic carbocycles. The number of carbonyl (C=O) groups excluding carboxylic acids is 1. The van der Waals surface area contributed by atoms with Crippen LogP contribution in [0.4, 0.5) is 0 Å². The Morgan fingerprint density at radius 3 is 2.46 bits per heavy atom. The van der Waals surface area contributed by atoms with Crippen LogP contribution in [0.25, 0.3) is 6.08 Å². The Balaban J connectivity index is 1.60. The quantitative estimate of drug-likeness (QED) is 0.442. The van der Waals surface area contributed by atoms with E-state index in [1.165, 1.54) is 6.08 Å². The van der Waals surface area contributed by atoms with Gasteiger partial charge in [0.2, 0.25) is 0 Å². The van der Waals surface area contributed by atoms with Gasteiger partial charge in [0.25, 0.3) is 0 Å². The molecule has 0 spiro atoms. The minimum Gasteiger partial charge on any atom is -0.493 e. The standard InChI is InChI=1S/C22H20O4/c1-16-7-9-17(10-8-16)20(23)14-13-18-11-12-19(26-18)15-25-22-6-4-3-5-21(22)24-2/h3-14H,15H2,1-2H3/b14-13+. The number of hydrogen-bond donors (Lipinski definition) is 0. The van der Waals surface area contributed by atoms with E-state index in [-0.39, 0.29) is 12.4 Å². The molecule has 4 heteroatoms. The first-order valence-corrected chi connectivity index (χ1v) is 8.29. The van der Waals surface area contributed by atoms with Crippen LogP contribution in [0.1, 0.15) is 27.4 Å². The molecule has 1 heterocycles. The molecular weight excluding hydrogens is 328 g/mol. The zero-order valence-electron chi connectivity index (χ0n) is 14.8. The van der Waals surface area contributed by atoms with Gasteiger partial charge in [-0.05, 0) is 43.3 Å². The van der Waals surface area contributed by atoms with Gasteiger partial charge >= 0.3 is 0 Å². The highest BCUT2D eigenvalue weighted by Gasteiger charge is 2.06. The number of carbonyl (C=O) groups is 1. The molecule has 4 nitrogen and oxygen atoms in total. The van der Waals surface area contributed by atoms with Crippen molar-refractivity contribution < 1.29 is 18.7 Å². The van der Waals surface area contributed by atoms with E-state index in [0.717, 1.165) is 5.56 Å². The van der Waals surface area contributed by atoms with Gasteiger partial charge in [-0.3, -0.25) is 4.79 Å². The molecule has 0 aliphatic rings. The SMILES string of the molecule is COc1ccccc1OCc1ccc(/C=C/C(=O)c2ccc(C)cc2)o1. The molecule has 0 N–H and O–H groups in total. The van der Waals surface area contributed by atoms with Crippen molar-refractivity contribution >= 4 is 11.9 Å². The lowest BCUT2D eigenvalue weighted by Gasteiger charge is -2.08. The maximum atomic E-state index is 12.2. The number of allylic oxidation sites excluding steroid dienone is 1. The van der Waals surface area contributed by atoms with Crippen LogP contribution in [0.2, 0.25) is 0 Å². The van der Waals surface area contributed by atoms with Gasteiger partial charge in [-0.1, -0.05) is 42.0 Å². The zero-order valence-corrected chi connectivity index (χ0v) is 14.8. The monoisotopic (exact) mass is 348 g/mol. The van der Waals surface area contributed by atoms with Crippen LogP contribution in [-0.2, 0) is 6.61 Å². The molecule has 3 aromatic rings. The summed E-state index contributed by atoms with van der Waals surface area (Å²) in [6.45, 7) is 2.27. The van der Waals surface area contributed by atoms with Gasteiger partial charge in [0, 0.05) is 5.56 Å². The Hall–Kier alpha value is -3.27. The van der Waals surface area contributed by atoms with Crippen molar-refractivity contribution in [1.82, 2.24) is 0 Å². The summed E-state index contributed by atoms with van der Waals surface area (Å²) in [7, 11) is 1.60. The van der Waals surface area contributed by atoms with Crippen molar-refractivity contribution in [3.05, 3.63) is 89.4 Å². The number of aryl methyl sites for hydroxylation is 1. The molecule has 0 saturated heterocycles. The molecule has 26 heavy (non-hydrogen) atoms. The third-order valence-corrected chi connectivity index (χ3v) is 3.86. The van der Waals surface area contributed by atoms with Gasteiger partial charge in [0.1, 0.15) is 18.1 Å². The van der Waals surface area contributed by atoms with Crippen LogP contribution in [-0.4, -0.2) is 12.9 Å². The van der Waals surface area contributed by atoms with Crippen LogP contribution in [0, 0.1) is 6.92 Å². The van der Waals surface area contributed by atoms with Gasteiger partial charge in [-0.25, -0.2) is 0 Å². The van der Waals surface area contributed by atoms with Crippen LogP contribution < -0.4 is 9.47 Å². The average Bonchev–Trinajstić information content (AvgIpc) is 3.13. The molecule has 0 saturated carbocycles. The maximum Gasteiger partial charge on any atom is 0.185 e. The predicted molar refractivity (Wildman–Crippen MR) is 101 cm³/mol. The summed E-state index contributed by atoms with van der Waals surface area (Å²) in [5, 5.41) is 0. The molecule has 2 aromatic carbocycles. The van der Waals surface area contributed by atoms with Gasteiger partial charge in [-0.2, -0.15) is 0 Å². The molecule has 1 aromatic heterocycles. The Morgan fingerprint density at radius 1 is 1.00 bits per heavy atom. The number of ketones is 1. The molecule has 0 atom stereocenters. The molecule has 0 aliphatic heterocycles.